The van der Waals surface area contributed by atoms with Crippen LogP contribution in [0.3, 0.4) is 0 Å². The summed E-state index contributed by atoms with van der Waals surface area (Å²) in [4.78, 5) is 15.9. The normalized spacial score (nSPS) is 13.1. The van der Waals surface area contributed by atoms with Gasteiger partial charge in [-0.3, -0.25) is 13.9 Å². The number of nitrogen functional groups attached to an aromatic ring is 1. The highest BCUT2D eigenvalue weighted by molar-refractivity contribution is 7.86. The summed E-state index contributed by atoms with van der Waals surface area (Å²) in [6.45, 7) is 0.979. The SMILES string of the molecule is Nc1cccc2c1CN(C(=O)c1c(Cc3ccc(S(=O)(=O)O)cc3)cc(Cc3ccc(S(=O)(=O)O)cc3)cc1OCc1ccccc1)CC2. The van der Waals surface area contributed by atoms with E-state index in [0.717, 1.165) is 27.8 Å². The zero-order valence-corrected chi connectivity index (χ0v) is 28.0. The fraction of sp³-hybridized carbons (Fsp3) is 0.162. The van der Waals surface area contributed by atoms with Gasteiger partial charge in [0.2, 0.25) is 0 Å². The predicted molar refractivity (Wildman–Crippen MR) is 185 cm³/mol. The van der Waals surface area contributed by atoms with E-state index in [-0.39, 0.29) is 28.7 Å². The Balaban J connectivity index is 1.44. The van der Waals surface area contributed by atoms with Crippen LogP contribution in [0.25, 0.3) is 0 Å². The number of anilines is 1. The molecule has 1 aliphatic rings. The number of hydrogen-bond acceptors (Lipinski definition) is 7. The fourth-order valence-corrected chi connectivity index (χ4v) is 6.98. The first-order chi connectivity index (χ1) is 23.3. The Hall–Kier alpha value is -5.01. The van der Waals surface area contributed by atoms with Crippen molar-refractivity contribution in [3.63, 3.8) is 0 Å². The van der Waals surface area contributed by atoms with Gasteiger partial charge in [-0.15, -0.1) is 0 Å². The van der Waals surface area contributed by atoms with E-state index < -0.39 is 20.2 Å². The molecule has 0 fully saturated rings. The van der Waals surface area contributed by atoms with Crippen LogP contribution in [0.5, 0.6) is 5.75 Å². The monoisotopic (exact) mass is 698 g/mol. The first kappa shape index (κ1) is 33.9. The molecule has 4 N–H and O–H groups in total. The minimum absolute atomic E-state index is 0.186. The van der Waals surface area contributed by atoms with Crippen molar-refractivity contribution in [2.24, 2.45) is 0 Å². The number of carbonyl (C=O) groups excluding carboxylic acids is 1. The highest BCUT2D eigenvalue weighted by Gasteiger charge is 2.28. The van der Waals surface area contributed by atoms with Crippen LogP contribution >= 0.6 is 0 Å². The first-order valence-electron chi connectivity index (χ1n) is 15.5. The van der Waals surface area contributed by atoms with Gasteiger partial charge in [0.1, 0.15) is 12.4 Å². The van der Waals surface area contributed by atoms with Crippen molar-refractivity contribution < 1.29 is 35.5 Å². The third kappa shape index (κ3) is 8.01. The maximum absolute atomic E-state index is 14.6. The van der Waals surface area contributed by atoms with Crippen molar-refractivity contribution in [3.05, 3.63) is 154 Å². The van der Waals surface area contributed by atoms with Crippen LogP contribution in [-0.2, 0) is 52.7 Å². The van der Waals surface area contributed by atoms with Crippen LogP contribution in [0.1, 0.15) is 49.3 Å². The van der Waals surface area contributed by atoms with Gasteiger partial charge in [-0.2, -0.15) is 16.8 Å². The van der Waals surface area contributed by atoms with Gasteiger partial charge in [0.25, 0.3) is 26.1 Å². The molecule has 0 atom stereocenters. The van der Waals surface area contributed by atoms with Gasteiger partial charge in [0.15, 0.2) is 0 Å². The molecule has 5 aromatic carbocycles. The summed E-state index contributed by atoms with van der Waals surface area (Å²) in [5.74, 6) is 0.114. The smallest absolute Gasteiger partial charge is 0.294 e. The molecular weight excluding hydrogens is 665 g/mol. The number of amides is 1. The van der Waals surface area contributed by atoms with Crippen molar-refractivity contribution in [1.82, 2.24) is 4.90 Å². The van der Waals surface area contributed by atoms with Gasteiger partial charge in [-0.25, -0.2) is 0 Å². The molecule has 1 amide bonds. The van der Waals surface area contributed by atoms with Crippen molar-refractivity contribution in [2.45, 2.75) is 42.2 Å². The van der Waals surface area contributed by atoms with Gasteiger partial charge in [0, 0.05) is 18.8 Å². The molecule has 0 aromatic heterocycles. The minimum Gasteiger partial charge on any atom is -0.488 e. The molecule has 1 aliphatic heterocycles. The molecule has 0 saturated carbocycles. The molecule has 6 rings (SSSR count). The highest BCUT2D eigenvalue weighted by atomic mass is 32.2. The summed E-state index contributed by atoms with van der Waals surface area (Å²) < 4.78 is 71.9. The number of ether oxygens (including phenoxy) is 1. The molecule has 0 unspecified atom stereocenters. The topological polar surface area (TPSA) is 164 Å². The lowest BCUT2D eigenvalue weighted by Crippen LogP contribution is -2.37. The molecule has 5 aromatic rings. The number of fused-ring (bicyclic) bond motifs is 1. The Kier molecular flexibility index (Phi) is 9.57. The molecule has 12 heteroatoms. The number of carbonyl (C=O) groups is 1. The third-order valence-corrected chi connectivity index (χ3v) is 10.3. The highest BCUT2D eigenvalue weighted by Crippen LogP contribution is 2.33. The lowest BCUT2D eigenvalue weighted by molar-refractivity contribution is 0.0729. The number of rotatable bonds is 10. The summed E-state index contributed by atoms with van der Waals surface area (Å²) in [7, 11) is -8.75. The van der Waals surface area contributed by atoms with Crippen LogP contribution in [-0.4, -0.2) is 43.3 Å². The lowest BCUT2D eigenvalue weighted by Gasteiger charge is -2.31. The maximum atomic E-state index is 14.6. The van der Waals surface area contributed by atoms with E-state index in [1.807, 2.05) is 60.7 Å². The first-order valence-corrected chi connectivity index (χ1v) is 18.3. The van der Waals surface area contributed by atoms with E-state index in [1.54, 1.807) is 29.2 Å². The quantitative estimate of drug-likeness (QED) is 0.122. The summed E-state index contributed by atoms with van der Waals surface area (Å²) in [6, 6.07) is 30.6. The molecule has 49 heavy (non-hydrogen) atoms. The molecule has 0 saturated heterocycles. The summed E-state index contributed by atoms with van der Waals surface area (Å²) in [6.07, 6.45) is 1.22. The largest absolute Gasteiger partial charge is 0.488 e. The van der Waals surface area contributed by atoms with Crippen LogP contribution < -0.4 is 10.5 Å². The number of benzene rings is 5. The average molecular weight is 699 g/mol. The van der Waals surface area contributed by atoms with Gasteiger partial charge in [-0.05, 0) is 94.6 Å². The van der Waals surface area contributed by atoms with E-state index in [2.05, 4.69) is 0 Å². The number of nitrogens with two attached hydrogens (primary N) is 1. The molecule has 0 aliphatic carbocycles. The zero-order valence-electron chi connectivity index (χ0n) is 26.3. The Morgan fingerprint density at radius 2 is 1.33 bits per heavy atom. The number of hydrogen-bond donors (Lipinski definition) is 3. The Morgan fingerprint density at radius 3 is 1.94 bits per heavy atom. The van der Waals surface area contributed by atoms with E-state index in [0.29, 0.717) is 54.1 Å². The second-order valence-electron chi connectivity index (χ2n) is 12.0. The number of nitrogens with zero attached hydrogens (tertiary/aromatic N) is 1. The zero-order chi connectivity index (χ0) is 34.8. The predicted octanol–water partition coefficient (Wildman–Crippen LogP) is 5.72. The van der Waals surface area contributed by atoms with Crippen LogP contribution in [0.2, 0.25) is 0 Å². The van der Waals surface area contributed by atoms with E-state index in [1.165, 1.54) is 24.3 Å². The van der Waals surface area contributed by atoms with Crippen LogP contribution in [0.4, 0.5) is 5.69 Å². The Morgan fingerprint density at radius 1 is 0.714 bits per heavy atom. The molecule has 1 heterocycles. The lowest BCUT2D eigenvalue weighted by atomic mass is 9.92. The second kappa shape index (κ2) is 13.8. The van der Waals surface area contributed by atoms with Gasteiger partial charge >= 0.3 is 0 Å². The Labute approximate surface area is 285 Å². The molecular formula is C37H34N2O8S2. The van der Waals surface area contributed by atoms with Crippen molar-refractivity contribution in [3.8, 4) is 5.75 Å². The maximum Gasteiger partial charge on any atom is 0.294 e. The summed E-state index contributed by atoms with van der Waals surface area (Å²) in [5.41, 5.74) is 13.0. The third-order valence-electron chi connectivity index (χ3n) is 8.54. The average Bonchev–Trinajstić information content (AvgIpc) is 3.07. The minimum atomic E-state index is -4.39. The molecule has 0 spiro atoms. The Bertz CT molecular complexity index is 2220. The van der Waals surface area contributed by atoms with Crippen molar-refractivity contribution in [1.29, 1.82) is 0 Å². The summed E-state index contributed by atoms with van der Waals surface area (Å²) in [5, 5.41) is 0. The molecule has 0 bridgehead atoms. The van der Waals surface area contributed by atoms with E-state index in [4.69, 9.17) is 10.5 Å². The standard InChI is InChI=1S/C37H34N2O8S2/c38-34-8-4-7-29-17-18-39(23-33(29)34)37(40)36-30(20-26-11-15-32(16-12-26)49(44,45)46)21-28(19-25-9-13-31(14-10-25)48(41,42)43)22-35(36)47-24-27-5-2-1-3-6-27/h1-16,21-22H,17-20,23-24,38H2,(H,41,42,43)(H,44,45,46). The van der Waals surface area contributed by atoms with E-state index >= 15 is 0 Å². The van der Waals surface area contributed by atoms with Gasteiger partial charge in [0.05, 0.1) is 15.4 Å². The van der Waals surface area contributed by atoms with Crippen molar-refractivity contribution >= 4 is 31.8 Å². The molecule has 252 valence electrons. The fourth-order valence-electron chi connectivity index (χ4n) is 6.02. The van der Waals surface area contributed by atoms with Crippen LogP contribution in [0.15, 0.2) is 119 Å². The van der Waals surface area contributed by atoms with Crippen LogP contribution in [0, 0.1) is 0 Å². The van der Waals surface area contributed by atoms with Crippen molar-refractivity contribution in [2.75, 3.05) is 12.3 Å². The van der Waals surface area contributed by atoms with E-state index in [9.17, 15) is 30.7 Å². The van der Waals surface area contributed by atoms with Gasteiger partial charge < -0.3 is 15.4 Å². The molecule has 0 radical (unpaired) electrons. The second-order valence-corrected chi connectivity index (χ2v) is 14.8. The summed E-state index contributed by atoms with van der Waals surface area (Å²) >= 11 is 0. The van der Waals surface area contributed by atoms with Gasteiger partial charge in [-0.1, -0.05) is 72.8 Å². The molecule has 10 nitrogen and oxygen atoms in total.